The summed E-state index contributed by atoms with van der Waals surface area (Å²) < 4.78 is 0. The van der Waals surface area contributed by atoms with Crippen LogP contribution in [0.4, 0.5) is 0 Å². The lowest BCUT2D eigenvalue weighted by Gasteiger charge is -2.08. The van der Waals surface area contributed by atoms with Gasteiger partial charge in [-0.2, -0.15) is 0 Å². The molecule has 0 bridgehead atoms. The monoisotopic (exact) mass is 116 g/mol. The third-order valence-electron chi connectivity index (χ3n) is 0.678. The van der Waals surface area contributed by atoms with Crippen LogP contribution in [0.5, 0.6) is 0 Å². The van der Waals surface area contributed by atoms with Gasteiger partial charge in [-0.3, -0.25) is 10.0 Å². The van der Waals surface area contributed by atoms with Gasteiger partial charge in [0.1, 0.15) is 0 Å². The summed E-state index contributed by atoms with van der Waals surface area (Å²) in [7, 11) is 0. The fourth-order valence-corrected chi connectivity index (χ4v) is 0.301. The van der Waals surface area contributed by atoms with Crippen LogP contribution in [0.2, 0.25) is 0 Å². The van der Waals surface area contributed by atoms with Gasteiger partial charge in [-0.25, -0.2) is 5.06 Å². The Bertz CT molecular complexity index is 82.5. The molecule has 3 heteroatoms. The minimum absolute atomic E-state index is 0.355. The summed E-state index contributed by atoms with van der Waals surface area (Å²) in [6, 6.07) is 0. The highest BCUT2D eigenvalue weighted by atomic mass is 16.5. The Morgan fingerprint density at radius 1 is 1.88 bits per heavy atom. The van der Waals surface area contributed by atoms with E-state index in [0.717, 1.165) is 0 Å². The Hall–Kier alpha value is -0.570. The van der Waals surface area contributed by atoms with Gasteiger partial charge in [-0.1, -0.05) is 6.92 Å². The highest BCUT2D eigenvalue weighted by Crippen LogP contribution is 1.90. The second-order valence-corrected chi connectivity index (χ2v) is 1.45. The zero-order valence-electron chi connectivity index (χ0n) is 5.09. The maximum atomic E-state index is 10.2. The van der Waals surface area contributed by atoms with E-state index in [1.54, 1.807) is 0 Å². The van der Waals surface area contributed by atoms with Crippen LogP contribution in [0.1, 0.15) is 20.3 Å². The molecule has 0 fully saturated rings. The quantitative estimate of drug-likeness (QED) is 0.428. The van der Waals surface area contributed by atoms with Crippen molar-refractivity contribution in [1.82, 2.24) is 5.06 Å². The highest BCUT2D eigenvalue weighted by molar-refractivity contribution is 5.72. The Morgan fingerprint density at radius 3 is 2.50 bits per heavy atom. The molecule has 0 aliphatic rings. The molecule has 1 radical (unpaired) electrons. The van der Waals surface area contributed by atoms with Crippen molar-refractivity contribution in [3.05, 3.63) is 6.54 Å². The van der Waals surface area contributed by atoms with Crippen LogP contribution in [0.15, 0.2) is 0 Å². The predicted octanol–water partition coefficient (Wildman–Crippen LogP) is 0.796. The van der Waals surface area contributed by atoms with Crippen LogP contribution in [0, 0.1) is 6.54 Å². The van der Waals surface area contributed by atoms with Crippen molar-refractivity contribution in [3.8, 4) is 0 Å². The normalized spacial score (nSPS) is 8.88. The first-order valence-electron chi connectivity index (χ1n) is 2.50. The van der Waals surface area contributed by atoms with Crippen molar-refractivity contribution in [2.75, 3.05) is 0 Å². The summed E-state index contributed by atoms with van der Waals surface area (Å²) in [4.78, 5) is 10.2. The van der Waals surface area contributed by atoms with Crippen LogP contribution >= 0.6 is 0 Å². The van der Waals surface area contributed by atoms with E-state index in [0.29, 0.717) is 11.5 Å². The van der Waals surface area contributed by atoms with Crippen LogP contribution in [-0.4, -0.2) is 16.2 Å². The van der Waals surface area contributed by atoms with Gasteiger partial charge in [-0.05, 0) is 6.42 Å². The molecule has 0 unspecified atom stereocenters. The molecule has 0 saturated heterocycles. The maximum absolute atomic E-state index is 10.2. The highest BCUT2D eigenvalue weighted by Gasteiger charge is 2.00. The lowest BCUT2D eigenvalue weighted by molar-refractivity contribution is -0.155. The summed E-state index contributed by atoms with van der Waals surface area (Å²) in [6.45, 7) is 4.54. The molecule has 0 saturated carbocycles. The Morgan fingerprint density at radius 2 is 2.38 bits per heavy atom. The van der Waals surface area contributed by atoms with E-state index in [4.69, 9.17) is 5.21 Å². The Balaban J connectivity index is 3.32. The van der Waals surface area contributed by atoms with E-state index in [1.165, 1.54) is 13.5 Å². The Labute approximate surface area is 48.9 Å². The average molecular weight is 116 g/mol. The lowest BCUT2D eigenvalue weighted by Crippen LogP contribution is -2.20. The molecule has 0 aromatic heterocycles. The minimum Gasteiger partial charge on any atom is -0.286 e. The van der Waals surface area contributed by atoms with Gasteiger partial charge in [0.15, 0.2) is 0 Å². The number of amides is 1. The largest absolute Gasteiger partial charge is 0.286 e. The summed E-state index contributed by atoms with van der Waals surface area (Å²) in [5.74, 6) is -0.355. The topological polar surface area (TPSA) is 40.5 Å². The standard InChI is InChI=1S/C5H10NO2/c1-3-4-6(8)5(2)7/h4,8H,3H2,1-2H3. The van der Waals surface area contributed by atoms with Crippen molar-refractivity contribution in [1.29, 1.82) is 0 Å². The molecule has 1 amide bonds. The van der Waals surface area contributed by atoms with E-state index in [2.05, 4.69) is 0 Å². The third kappa shape index (κ3) is 2.58. The predicted molar refractivity (Wildman–Crippen MR) is 28.9 cm³/mol. The number of hydrogen-bond acceptors (Lipinski definition) is 2. The molecule has 3 nitrogen and oxygen atoms in total. The van der Waals surface area contributed by atoms with Gasteiger partial charge < -0.3 is 0 Å². The van der Waals surface area contributed by atoms with Crippen LogP contribution in [-0.2, 0) is 4.79 Å². The van der Waals surface area contributed by atoms with Crippen LogP contribution < -0.4 is 0 Å². The lowest BCUT2D eigenvalue weighted by atomic mass is 10.5. The molecule has 0 spiro atoms. The molecule has 0 aliphatic heterocycles. The second kappa shape index (κ2) is 3.43. The van der Waals surface area contributed by atoms with Crippen molar-refractivity contribution >= 4 is 5.91 Å². The van der Waals surface area contributed by atoms with E-state index in [1.807, 2.05) is 6.92 Å². The van der Waals surface area contributed by atoms with Crippen LogP contribution in [0.25, 0.3) is 0 Å². The maximum Gasteiger partial charge on any atom is 0.243 e. The fraction of sp³-hybridized carbons (Fsp3) is 0.600. The van der Waals surface area contributed by atoms with E-state index in [-0.39, 0.29) is 5.91 Å². The van der Waals surface area contributed by atoms with Crippen molar-refractivity contribution in [2.45, 2.75) is 20.3 Å². The number of hydrogen-bond donors (Lipinski definition) is 1. The summed E-state index contributed by atoms with van der Waals surface area (Å²) in [6.07, 6.45) is 0.663. The first-order valence-corrected chi connectivity index (χ1v) is 2.50. The summed E-state index contributed by atoms with van der Waals surface area (Å²) in [5, 5.41) is 9.14. The molecule has 0 aromatic carbocycles. The summed E-state index contributed by atoms with van der Waals surface area (Å²) >= 11 is 0. The molecule has 0 atom stereocenters. The van der Waals surface area contributed by atoms with E-state index >= 15 is 0 Å². The molecular formula is C5H10NO2. The molecule has 0 aromatic rings. The zero-order valence-corrected chi connectivity index (χ0v) is 5.09. The van der Waals surface area contributed by atoms with Crippen molar-refractivity contribution in [2.24, 2.45) is 0 Å². The van der Waals surface area contributed by atoms with Crippen molar-refractivity contribution in [3.63, 3.8) is 0 Å². The zero-order chi connectivity index (χ0) is 6.57. The number of rotatable bonds is 2. The number of nitrogens with zero attached hydrogens (tertiary/aromatic N) is 1. The molecule has 0 aliphatic carbocycles. The second-order valence-electron chi connectivity index (χ2n) is 1.45. The number of carbonyl (C=O) groups is 1. The first kappa shape index (κ1) is 7.43. The van der Waals surface area contributed by atoms with E-state index < -0.39 is 0 Å². The Kier molecular flexibility index (Phi) is 3.19. The van der Waals surface area contributed by atoms with Gasteiger partial charge in [0, 0.05) is 6.92 Å². The molecule has 8 heavy (non-hydrogen) atoms. The molecule has 47 valence electrons. The van der Waals surface area contributed by atoms with Gasteiger partial charge in [0.2, 0.25) is 5.91 Å². The SMILES string of the molecule is CC[CH]N(O)C(C)=O. The van der Waals surface area contributed by atoms with Gasteiger partial charge in [0.05, 0.1) is 6.54 Å². The van der Waals surface area contributed by atoms with Crippen molar-refractivity contribution < 1.29 is 10.0 Å². The fourth-order valence-electron chi connectivity index (χ4n) is 0.301. The molecule has 0 heterocycles. The van der Waals surface area contributed by atoms with Crippen LogP contribution in [0.3, 0.4) is 0 Å². The number of hydroxylamine groups is 2. The molecular weight excluding hydrogens is 106 g/mol. The molecule has 0 rings (SSSR count). The smallest absolute Gasteiger partial charge is 0.243 e. The summed E-state index contributed by atoms with van der Waals surface area (Å²) in [5.41, 5.74) is 0. The van der Waals surface area contributed by atoms with Gasteiger partial charge in [-0.15, -0.1) is 0 Å². The van der Waals surface area contributed by atoms with Gasteiger partial charge in [0.25, 0.3) is 0 Å². The third-order valence-corrected chi connectivity index (χ3v) is 0.678. The first-order chi connectivity index (χ1) is 3.68. The average Bonchev–Trinajstić information content (AvgIpc) is 1.67. The van der Waals surface area contributed by atoms with Gasteiger partial charge >= 0.3 is 0 Å². The number of carbonyl (C=O) groups excluding carboxylic acids is 1. The van der Waals surface area contributed by atoms with E-state index in [9.17, 15) is 4.79 Å². The minimum atomic E-state index is -0.355. The molecule has 1 N–H and O–H groups in total.